The second-order valence-electron chi connectivity index (χ2n) is 10.3. The minimum atomic E-state index is 0.0369. The maximum absolute atomic E-state index is 12.9. The van der Waals surface area contributed by atoms with E-state index in [1.165, 1.54) is 38.5 Å². The Kier molecular flexibility index (Phi) is 5.43. The van der Waals surface area contributed by atoms with Crippen LogP contribution >= 0.6 is 35.2 Å². The average molecular weight is 496 g/mol. The Morgan fingerprint density at radius 2 is 1.79 bits per heavy atom. The number of nitrogens with one attached hydrogen (secondary N) is 2. The first-order chi connectivity index (χ1) is 15.9. The van der Waals surface area contributed by atoms with E-state index < -0.39 is 0 Å². The van der Waals surface area contributed by atoms with Crippen molar-refractivity contribution in [2.75, 3.05) is 5.32 Å². The minimum absolute atomic E-state index is 0.0369. The molecule has 7 heteroatoms. The van der Waals surface area contributed by atoms with E-state index in [-0.39, 0.29) is 11.3 Å². The molecule has 1 heterocycles. The van der Waals surface area contributed by atoms with Gasteiger partial charge in [-0.1, -0.05) is 23.7 Å². The van der Waals surface area contributed by atoms with Crippen molar-refractivity contribution in [3.63, 3.8) is 0 Å². The molecule has 4 aliphatic carbocycles. The first-order valence-corrected chi connectivity index (χ1v) is 13.3. The lowest BCUT2D eigenvalue weighted by molar-refractivity contribution is -0.127. The summed E-state index contributed by atoms with van der Waals surface area (Å²) in [6.45, 7) is 0. The smallest absolute Gasteiger partial charge is 0.226 e. The number of thiocarbonyl (C=S) groups is 1. The molecule has 33 heavy (non-hydrogen) atoms. The largest absolute Gasteiger partial charge is 0.332 e. The standard InChI is InChI=1S/C26H26ClN3OS2/c27-20-6-5-18(10-19(20)24-29-21-3-1-2-4-22(21)33-24)28-25(32)30-23(31)14-26-11-15-7-16(12-26)9-17(8-15)13-26/h1-6,10,15-17H,7-9,11-14H2,(H2,28,30,31,32). The molecule has 0 saturated heterocycles. The third-order valence-electron chi connectivity index (χ3n) is 7.70. The highest BCUT2D eigenvalue weighted by molar-refractivity contribution is 7.80. The predicted octanol–water partition coefficient (Wildman–Crippen LogP) is 7.04. The van der Waals surface area contributed by atoms with Crippen molar-refractivity contribution >= 4 is 62.1 Å². The molecule has 4 fully saturated rings. The Labute approximate surface area is 208 Å². The fraction of sp³-hybridized carbons (Fsp3) is 0.423. The van der Waals surface area contributed by atoms with Crippen LogP contribution in [0.25, 0.3) is 20.8 Å². The number of nitrogens with zero attached hydrogens (tertiary/aromatic N) is 1. The minimum Gasteiger partial charge on any atom is -0.332 e. The molecule has 170 valence electrons. The Bertz CT molecular complexity index is 1190. The third kappa shape index (κ3) is 4.29. The van der Waals surface area contributed by atoms with Gasteiger partial charge in [0.2, 0.25) is 5.91 Å². The number of benzene rings is 2. The van der Waals surface area contributed by atoms with E-state index in [9.17, 15) is 4.79 Å². The molecule has 0 aliphatic heterocycles. The summed E-state index contributed by atoms with van der Waals surface area (Å²) in [5, 5.41) is 7.94. The molecule has 4 aliphatic rings. The Hall–Kier alpha value is -2.02. The number of aromatic nitrogens is 1. The van der Waals surface area contributed by atoms with Gasteiger partial charge in [0.25, 0.3) is 0 Å². The number of thiazole rings is 1. The highest BCUT2D eigenvalue weighted by atomic mass is 35.5. The van der Waals surface area contributed by atoms with Gasteiger partial charge < -0.3 is 10.6 Å². The zero-order chi connectivity index (χ0) is 22.6. The number of hydrogen-bond acceptors (Lipinski definition) is 4. The van der Waals surface area contributed by atoms with Crippen LogP contribution in [0.15, 0.2) is 42.5 Å². The summed E-state index contributed by atoms with van der Waals surface area (Å²) in [5.74, 6) is 2.55. The maximum atomic E-state index is 12.9. The molecule has 0 unspecified atom stereocenters. The predicted molar refractivity (Wildman–Crippen MR) is 140 cm³/mol. The molecule has 0 atom stereocenters. The monoisotopic (exact) mass is 495 g/mol. The van der Waals surface area contributed by atoms with Crippen LogP contribution in [0.1, 0.15) is 44.9 Å². The quantitative estimate of drug-likeness (QED) is 0.381. The van der Waals surface area contributed by atoms with E-state index >= 15 is 0 Å². The van der Waals surface area contributed by atoms with Crippen molar-refractivity contribution in [3.8, 4) is 10.6 Å². The van der Waals surface area contributed by atoms with Crippen molar-refractivity contribution in [3.05, 3.63) is 47.5 Å². The molecule has 4 bridgehead atoms. The number of anilines is 1. The van der Waals surface area contributed by atoms with Crippen molar-refractivity contribution in [1.82, 2.24) is 10.3 Å². The van der Waals surface area contributed by atoms with Gasteiger partial charge in [-0.05, 0) is 104 Å². The Balaban J connectivity index is 1.13. The maximum Gasteiger partial charge on any atom is 0.226 e. The second-order valence-corrected chi connectivity index (χ2v) is 12.1. The van der Waals surface area contributed by atoms with Crippen molar-refractivity contribution < 1.29 is 4.79 Å². The summed E-state index contributed by atoms with van der Waals surface area (Å²) in [7, 11) is 0. The summed E-state index contributed by atoms with van der Waals surface area (Å²) in [6, 6.07) is 13.7. The van der Waals surface area contributed by atoms with Gasteiger partial charge in [-0.3, -0.25) is 4.79 Å². The average Bonchev–Trinajstić information content (AvgIpc) is 3.17. The number of halogens is 1. The van der Waals surface area contributed by atoms with Crippen LogP contribution in [0.3, 0.4) is 0 Å². The summed E-state index contributed by atoms with van der Waals surface area (Å²) < 4.78 is 1.12. The van der Waals surface area contributed by atoms with Gasteiger partial charge >= 0.3 is 0 Å². The molecule has 2 N–H and O–H groups in total. The third-order valence-corrected chi connectivity index (χ3v) is 9.31. The molecule has 4 nitrogen and oxygen atoms in total. The fourth-order valence-electron chi connectivity index (χ4n) is 6.93. The van der Waals surface area contributed by atoms with Gasteiger partial charge in [-0.15, -0.1) is 11.3 Å². The number of para-hydroxylation sites is 1. The lowest BCUT2D eigenvalue weighted by Gasteiger charge is -2.56. The molecule has 1 amide bonds. The van der Waals surface area contributed by atoms with E-state index in [0.717, 1.165) is 44.2 Å². The Morgan fingerprint density at radius 1 is 1.09 bits per heavy atom. The van der Waals surface area contributed by atoms with Crippen molar-refractivity contribution in [2.24, 2.45) is 23.2 Å². The summed E-state index contributed by atoms with van der Waals surface area (Å²) in [6.07, 6.45) is 8.40. The van der Waals surface area contributed by atoms with Crippen LogP contribution in [0.2, 0.25) is 5.02 Å². The number of hydrogen-bond donors (Lipinski definition) is 2. The molecular weight excluding hydrogens is 470 g/mol. The molecule has 7 rings (SSSR count). The normalized spacial score (nSPS) is 27.6. The number of fused-ring (bicyclic) bond motifs is 1. The number of rotatable bonds is 4. The highest BCUT2D eigenvalue weighted by Crippen LogP contribution is 2.61. The van der Waals surface area contributed by atoms with Gasteiger partial charge in [0.15, 0.2) is 5.11 Å². The zero-order valence-electron chi connectivity index (χ0n) is 18.3. The van der Waals surface area contributed by atoms with E-state index in [0.29, 0.717) is 16.6 Å². The first-order valence-electron chi connectivity index (χ1n) is 11.7. The van der Waals surface area contributed by atoms with Crippen LogP contribution in [0.4, 0.5) is 5.69 Å². The van der Waals surface area contributed by atoms with Crippen LogP contribution in [-0.2, 0) is 4.79 Å². The van der Waals surface area contributed by atoms with Crippen molar-refractivity contribution in [1.29, 1.82) is 0 Å². The number of carbonyl (C=O) groups excluding carboxylic acids is 1. The molecule has 1 aromatic heterocycles. The van der Waals surface area contributed by atoms with Crippen LogP contribution in [0, 0.1) is 23.2 Å². The van der Waals surface area contributed by atoms with Gasteiger partial charge in [0.1, 0.15) is 5.01 Å². The van der Waals surface area contributed by atoms with Crippen LogP contribution < -0.4 is 10.6 Å². The van der Waals surface area contributed by atoms with Crippen LogP contribution in [0.5, 0.6) is 0 Å². The van der Waals surface area contributed by atoms with E-state index in [2.05, 4.69) is 16.7 Å². The number of amides is 1. The SMILES string of the molecule is O=C(CC12CC3CC(CC(C3)C1)C2)NC(=S)Nc1ccc(Cl)c(-c2nc3ccccc3s2)c1. The van der Waals surface area contributed by atoms with Gasteiger partial charge in [-0.2, -0.15) is 0 Å². The lowest BCUT2D eigenvalue weighted by Crippen LogP contribution is -2.48. The van der Waals surface area contributed by atoms with Gasteiger partial charge in [-0.25, -0.2) is 4.98 Å². The van der Waals surface area contributed by atoms with Crippen LogP contribution in [-0.4, -0.2) is 16.0 Å². The summed E-state index contributed by atoms with van der Waals surface area (Å²) in [4.78, 5) is 17.6. The Morgan fingerprint density at radius 3 is 2.48 bits per heavy atom. The van der Waals surface area contributed by atoms with E-state index in [1.807, 2.05) is 36.4 Å². The van der Waals surface area contributed by atoms with Gasteiger partial charge in [0.05, 0.1) is 15.2 Å². The molecular formula is C26H26ClN3OS2. The first kappa shape index (κ1) is 21.5. The fourth-order valence-corrected chi connectivity index (χ4v) is 8.43. The molecule has 0 spiro atoms. The van der Waals surface area contributed by atoms with E-state index in [4.69, 9.17) is 28.8 Å². The lowest BCUT2D eigenvalue weighted by atomic mass is 9.49. The number of carbonyl (C=O) groups is 1. The molecule has 3 aromatic rings. The summed E-state index contributed by atoms with van der Waals surface area (Å²) in [5.41, 5.74) is 2.80. The molecule has 4 saturated carbocycles. The highest BCUT2D eigenvalue weighted by Gasteiger charge is 2.51. The molecule has 2 aromatic carbocycles. The van der Waals surface area contributed by atoms with E-state index in [1.54, 1.807) is 11.3 Å². The van der Waals surface area contributed by atoms with Crippen molar-refractivity contribution in [2.45, 2.75) is 44.9 Å². The summed E-state index contributed by atoms with van der Waals surface area (Å²) >= 11 is 13.6. The van der Waals surface area contributed by atoms with Gasteiger partial charge in [0, 0.05) is 17.7 Å². The topological polar surface area (TPSA) is 54.0 Å². The zero-order valence-corrected chi connectivity index (χ0v) is 20.7. The second kappa shape index (κ2) is 8.33. The molecule has 0 radical (unpaired) electrons.